The predicted octanol–water partition coefficient (Wildman–Crippen LogP) is 1.64. The SMILES string of the molecule is C[C@@H]1COCCN1C(=O)c1cc(Cl)nnc1Cl. The summed E-state index contributed by atoms with van der Waals surface area (Å²) < 4.78 is 5.27. The van der Waals surface area contributed by atoms with Gasteiger partial charge in [-0.15, -0.1) is 10.2 Å². The van der Waals surface area contributed by atoms with Crippen LogP contribution >= 0.6 is 23.2 Å². The van der Waals surface area contributed by atoms with Gasteiger partial charge in [0.25, 0.3) is 5.91 Å². The van der Waals surface area contributed by atoms with Crippen molar-refractivity contribution in [1.29, 1.82) is 0 Å². The second-order valence-corrected chi connectivity index (χ2v) is 4.54. The predicted molar refractivity (Wildman–Crippen MR) is 63.4 cm³/mol. The van der Waals surface area contributed by atoms with E-state index in [0.29, 0.717) is 19.8 Å². The van der Waals surface area contributed by atoms with Crippen molar-refractivity contribution >= 4 is 29.1 Å². The number of hydrogen-bond acceptors (Lipinski definition) is 4. The van der Waals surface area contributed by atoms with E-state index in [1.807, 2.05) is 6.92 Å². The molecule has 0 aromatic carbocycles. The molecule has 1 amide bonds. The Hall–Kier alpha value is -0.910. The van der Waals surface area contributed by atoms with Gasteiger partial charge in [0.15, 0.2) is 10.3 Å². The fourth-order valence-corrected chi connectivity index (χ4v) is 2.01. The number of ether oxygens (including phenoxy) is 1. The molecular weight excluding hydrogens is 265 g/mol. The summed E-state index contributed by atoms with van der Waals surface area (Å²) in [6, 6.07) is 1.45. The van der Waals surface area contributed by atoms with E-state index in [1.54, 1.807) is 4.90 Å². The molecule has 0 N–H and O–H groups in total. The number of nitrogens with zero attached hydrogens (tertiary/aromatic N) is 3. The van der Waals surface area contributed by atoms with Crippen LogP contribution in [0.1, 0.15) is 17.3 Å². The van der Waals surface area contributed by atoms with Crippen molar-refractivity contribution in [2.75, 3.05) is 19.8 Å². The first-order valence-electron chi connectivity index (χ1n) is 5.17. The highest BCUT2D eigenvalue weighted by Gasteiger charge is 2.26. The third kappa shape index (κ3) is 2.68. The molecule has 0 saturated carbocycles. The molecule has 1 aliphatic heterocycles. The first-order valence-corrected chi connectivity index (χ1v) is 5.92. The zero-order valence-electron chi connectivity index (χ0n) is 9.19. The number of aromatic nitrogens is 2. The molecule has 1 fully saturated rings. The van der Waals surface area contributed by atoms with Crippen molar-refractivity contribution in [1.82, 2.24) is 15.1 Å². The standard InChI is InChI=1S/C10H11Cl2N3O2/c1-6-5-17-3-2-15(6)10(16)7-4-8(11)13-14-9(7)12/h4,6H,2-3,5H2,1H3/t6-/m1/s1. The molecule has 2 heterocycles. The molecule has 0 unspecified atom stereocenters. The molecule has 17 heavy (non-hydrogen) atoms. The molecule has 1 aromatic heterocycles. The van der Waals surface area contributed by atoms with E-state index < -0.39 is 0 Å². The Morgan fingerprint density at radius 1 is 1.53 bits per heavy atom. The largest absolute Gasteiger partial charge is 0.377 e. The second kappa shape index (κ2) is 5.16. The number of halogens is 2. The van der Waals surface area contributed by atoms with Crippen molar-refractivity contribution in [3.8, 4) is 0 Å². The Bertz CT molecular complexity index is 442. The number of morpholine rings is 1. The van der Waals surface area contributed by atoms with E-state index >= 15 is 0 Å². The zero-order chi connectivity index (χ0) is 12.4. The van der Waals surface area contributed by atoms with Crippen molar-refractivity contribution < 1.29 is 9.53 Å². The molecule has 92 valence electrons. The van der Waals surface area contributed by atoms with Crippen LogP contribution < -0.4 is 0 Å². The average Bonchev–Trinajstić information content (AvgIpc) is 2.32. The van der Waals surface area contributed by atoms with Gasteiger partial charge in [0, 0.05) is 6.54 Å². The van der Waals surface area contributed by atoms with Crippen LogP contribution in [0.25, 0.3) is 0 Å². The summed E-state index contributed by atoms with van der Waals surface area (Å²) >= 11 is 11.6. The first-order chi connectivity index (χ1) is 8.09. The number of rotatable bonds is 1. The molecule has 7 heteroatoms. The van der Waals surface area contributed by atoms with E-state index in [-0.39, 0.29) is 27.8 Å². The quantitative estimate of drug-likeness (QED) is 0.782. The molecule has 0 radical (unpaired) electrons. The lowest BCUT2D eigenvalue weighted by molar-refractivity contribution is 0.00357. The van der Waals surface area contributed by atoms with Crippen LogP contribution in [0.15, 0.2) is 6.07 Å². The Morgan fingerprint density at radius 3 is 3.00 bits per heavy atom. The van der Waals surface area contributed by atoms with Gasteiger partial charge in [-0.05, 0) is 13.0 Å². The van der Waals surface area contributed by atoms with Crippen LogP contribution in [0.2, 0.25) is 10.3 Å². The Morgan fingerprint density at radius 2 is 2.29 bits per heavy atom. The number of amides is 1. The highest BCUT2D eigenvalue weighted by molar-refractivity contribution is 6.34. The van der Waals surface area contributed by atoms with Gasteiger partial charge >= 0.3 is 0 Å². The highest BCUT2D eigenvalue weighted by Crippen LogP contribution is 2.19. The molecular formula is C10H11Cl2N3O2. The summed E-state index contributed by atoms with van der Waals surface area (Å²) in [5.74, 6) is -0.192. The van der Waals surface area contributed by atoms with Crippen LogP contribution in [0.4, 0.5) is 0 Å². The number of carbonyl (C=O) groups is 1. The maximum absolute atomic E-state index is 12.2. The molecule has 1 saturated heterocycles. The summed E-state index contributed by atoms with van der Waals surface area (Å²) in [5.41, 5.74) is 0.278. The lowest BCUT2D eigenvalue weighted by Crippen LogP contribution is -2.47. The van der Waals surface area contributed by atoms with Crippen LogP contribution in [0.5, 0.6) is 0 Å². The Balaban J connectivity index is 2.26. The minimum Gasteiger partial charge on any atom is -0.377 e. The minimum absolute atomic E-state index is 0.0132. The molecule has 2 rings (SSSR count). The third-order valence-electron chi connectivity index (χ3n) is 2.58. The smallest absolute Gasteiger partial charge is 0.257 e. The van der Waals surface area contributed by atoms with Gasteiger partial charge in [-0.3, -0.25) is 4.79 Å². The van der Waals surface area contributed by atoms with Crippen molar-refractivity contribution in [3.05, 3.63) is 21.9 Å². The molecule has 0 aliphatic carbocycles. The van der Waals surface area contributed by atoms with Crippen LogP contribution in [-0.4, -0.2) is 46.8 Å². The van der Waals surface area contributed by atoms with E-state index in [0.717, 1.165) is 0 Å². The van der Waals surface area contributed by atoms with Crippen molar-refractivity contribution in [2.45, 2.75) is 13.0 Å². The lowest BCUT2D eigenvalue weighted by atomic mass is 10.2. The van der Waals surface area contributed by atoms with Crippen molar-refractivity contribution in [2.24, 2.45) is 0 Å². The molecule has 1 atom stereocenters. The maximum Gasteiger partial charge on any atom is 0.257 e. The second-order valence-electron chi connectivity index (χ2n) is 3.79. The zero-order valence-corrected chi connectivity index (χ0v) is 10.7. The van der Waals surface area contributed by atoms with Gasteiger partial charge in [-0.25, -0.2) is 0 Å². The highest BCUT2D eigenvalue weighted by atomic mass is 35.5. The van der Waals surface area contributed by atoms with Gasteiger partial charge in [0.2, 0.25) is 0 Å². The van der Waals surface area contributed by atoms with Gasteiger partial charge in [-0.1, -0.05) is 23.2 Å². The Kier molecular flexibility index (Phi) is 3.81. The monoisotopic (exact) mass is 275 g/mol. The minimum atomic E-state index is -0.192. The van der Waals surface area contributed by atoms with Gasteiger partial charge < -0.3 is 9.64 Å². The third-order valence-corrected chi connectivity index (χ3v) is 3.04. The molecule has 1 aliphatic rings. The van der Waals surface area contributed by atoms with E-state index in [2.05, 4.69) is 10.2 Å². The van der Waals surface area contributed by atoms with E-state index in [4.69, 9.17) is 27.9 Å². The maximum atomic E-state index is 12.2. The van der Waals surface area contributed by atoms with Crippen molar-refractivity contribution in [3.63, 3.8) is 0 Å². The fraction of sp³-hybridized carbons (Fsp3) is 0.500. The van der Waals surface area contributed by atoms with Crippen LogP contribution in [0.3, 0.4) is 0 Å². The summed E-state index contributed by atoms with van der Waals surface area (Å²) in [5, 5.41) is 7.42. The average molecular weight is 276 g/mol. The lowest BCUT2D eigenvalue weighted by Gasteiger charge is -2.33. The summed E-state index contributed by atoms with van der Waals surface area (Å²) in [6.45, 7) is 3.51. The topological polar surface area (TPSA) is 55.3 Å². The summed E-state index contributed by atoms with van der Waals surface area (Å²) in [6.07, 6.45) is 0. The molecule has 0 bridgehead atoms. The summed E-state index contributed by atoms with van der Waals surface area (Å²) in [4.78, 5) is 13.9. The molecule has 5 nitrogen and oxygen atoms in total. The van der Waals surface area contributed by atoms with Gasteiger partial charge in [-0.2, -0.15) is 0 Å². The Labute approximate surface area is 109 Å². The van der Waals surface area contributed by atoms with Crippen LogP contribution in [0, 0.1) is 0 Å². The van der Waals surface area contributed by atoms with Crippen LogP contribution in [-0.2, 0) is 4.74 Å². The van der Waals surface area contributed by atoms with E-state index in [9.17, 15) is 4.79 Å². The molecule has 1 aromatic rings. The number of carbonyl (C=O) groups excluding carboxylic acids is 1. The first kappa shape index (κ1) is 12.5. The van der Waals surface area contributed by atoms with Gasteiger partial charge in [0.05, 0.1) is 24.8 Å². The van der Waals surface area contributed by atoms with Gasteiger partial charge in [0.1, 0.15) is 0 Å². The normalized spacial score (nSPS) is 20.4. The fourth-order valence-electron chi connectivity index (χ4n) is 1.69. The molecule has 0 spiro atoms. The number of hydrogen-bond donors (Lipinski definition) is 0. The summed E-state index contributed by atoms with van der Waals surface area (Å²) in [7, 11) is 0. The van der Waals surface area contributed by atoms with E-state index in [1.165, 1.54) is 6.07 Å².